The van der Waals surface area contributed by atoms with Crippen molar-refractivity contribution in [2.45, 2.75) is 24.2 Å². The van der Waals surface area contributed by atoms with Gasteiger partial charge in [0.15, 0.2) is 0 Å². The van der Waals surface area contributed by atoms with Gasteiger partial charge < -0.3 is 0 Å². The van der Waals surface area contributed by atoms with Gasteiger partial charge in [-0.2, -0.15) is 34.8 Å². The second-order valence-corrected chi connectivity index (χ2v) is 4.70. The molecular formula is C9H8F6O3S. The van der Waals surface area contributed by atoms with E-state index in [0.29, 0.717) is 24.3 Å². The molecule has 0 aromatic heterocycles. The highest BCUT2D eigenvalue weighted by atomic mass is 32.2. The number of halogens is 6. The Labute approximate surface area is 104 Å². The molecule has 0 aliphatic rings. The SMILES string of the molecule is CC(F)(F)F.O=S(=O)(O)c1ccc(C(F)(F)F)cc1. The van der Waals surface area contributed by atoms with E-state index in [1.54, 1.807) is 0 Å². The molecule has 0 saturated heterocycles. The van der Waals surface area contributed by atoms with Crippen molar-refractivity contribution in [3.63, 3.8) is 0 Å². The molecule has 0 bridgehead atoms. The van der Waals surface area contributed by atoms with E-state index >= 15 is 0 Å². The summed E-state index contributed by atoms with van der Waals surface area (Å²) >= 11 is 0. The molecule has 10 heteroatoms. The molecule has 110 valence electrons. The summed E-state index contributed by atoms with van der Waals surface area (Å²) in [4.78, 5) is -0.564. The largest absolute Gasteiger partial charge is 0.416 e. The van der Waals surface area contributed by atoms with Crippen molar-refractivity contribution >= 4 is 10.1 Å². The normalized spacial score (nSPS) is 12.6. The molecule has 1 aromatic carbocycles. The zero-order valence-corrected chi connectivity index (χ0v) is 10.1. The van der Waals surface area contributed by atoms with Crippen LogP contribution in [0.4, 0.5) is 26.3 Å². The van der Waals surface area contributed by atoms with Crippen LogP contribution >= 0.6 is 0 Å². The molecule has 0 aliphatic carbocycles. The molecule has 1 rings (SSSR count). The van der Waals surface area contributed by atoms with Crippen LogP contribution in [0.5, 0.6) is 0 Å². The van der Waals surface area contributed by atoms with Gasteiger partial charge in [0.2, 0.25) is 0 Å². The Morgan fingerprint density at radius 2 is 1.26 bits per heavy atom. The van der Waals surface area contributed by atoms with Crippen LogP contribution in [0.15, 0.2) is 29.2 Å². The Bertz CT molecular complexity index is 494. The highest BCUT2D eigenvalue weighted by molar-refractivity contribution is 7.85. The minimum absolute atomic E-state index is 0.188. The first kappa shape index (κ1) is 17.7. The lowest BCUT2D eigenvalue weighted by Gasteiger charge is -2.05. The van der Waals surface area contributed by atoms with Crippen LogP contribution in [0.1, 0.15) is 12.5 Å². The second kappa shape index (κ2) is 5.78. The summed E-state index contributed by atoms with van der Waals surface area (Å²) in [7, 11) is -4.43. The van der Waals surface area contributed by atoms with E-state index < -0.39 is 32.9 Å². The monoisotopic (exact) mass is 310 g/mol. The first-order chi connectivity index (χ1) is 8.21. The van der Waals surface area contributed by atoms with Crippen molar-refractivity contribution in [1.82, 2.24) is 0 Å². The molecule has 1 aromatic rings. The van der Waals surface area contributed by atoms with Crippen molar-refractivity contribution in [1.29, 1.82) is 0 Å². The van der Waals surface area contributed by atoms with Crippen molar-refractivity contribution in [3.05, 3.63) is 29.8 Å². The number of hydrogen-bond acceptors (Lipinski definition) is 2. The van der Waals surface area contributed by atoms with Gasteiger partial charge in [0.1, 0.15) is 0 Å². The van der Waals surface area contributed by atoms with Crippen molar-refractivity contribution in [2.75, 3.05) is 0 Å². The summed E-state index contributed by atoms with van der Waals surface area (Å²) in [5.41, 5.74) is -0.968. The molecule has 0 aliphatic heterocycles. The topological polar surface area (TPSA) is 54.4 Å². The van der Waals surface area contributed by atoms with Gasteiger partial charge in [0, 0.05) is 6.92 Å². The molecule has 0 saturated carbocycles. The number of rotatable bonds is 1. The van der Waals surface area contributed by atoms with E-state index in [4.69, 9.17) is 4.55 Å². The molecule has 19 heavy (non-hydrogen) atoms. The van der Waals surface area contributed by atoms with Crippen LogP contribution in [0.3, 0.4) is 0 Å². The van der Waals surface area contributed by atoms with Gasteiger partial charge in [-0.25, -0.2) is 0 Å². The van der Waals surface area contributed by atoms with E-state index in [9.17, 15) is 34.8 Å². The molecule has 0 heterocycles. The number of hydrogen-bond donors (Lipinski definition) is 1. The van der Waals surface area contributed by atoms with E-state index in [-0.39, 0.29) is 6.92 Å². The first-order valence-corrected chi connectivity index (χ1v) is 5.87. The first-order valence-electron chi connectivity index (χ1n) is 4.43. The third-order valence-corrected chi connectivity index (χ3v) is 2.35. The van der Waals surface area contributed by atoms with Gasteiger partial charge in [-0.05, 0) is 24.3 Å². The average Bonchev–Trinajstić information content (AvgIpc) is 2.12. The molecule has 0 radical (unpaired) electrons. The maximum absolute atomic E-state index is 12.0. The second-order valence-electron chi connectivity index (χ2n) is 3.28. The summed E-state index contributed by atoms with van der Waals surface area (Å²) in [6, 6.07) is 2.56. The zero-order chi connectivity index (χ0) is 15.5. The Hall–Kier alpha value is -1.29. The molecule has 0 fully saturated rings. The van der Waals surface area contributed by atoms with Crippen molar-refractivity contribution in [2.24, 2.45) is 0 Å². The van der Waals surface area contributed by atoms with E-state index in [0.717, 1.165) is 0 Å². The smallest absolute Gasteiger partial charge is 0.282 e. The van der Waals surface area contributed by atoms with Crippen LogP contribution in [0, 0.1) is 0 Å². The van der Waals surface area contributed by atoms with Gasteiger partial charge in [0.05, 0.1) is 10.5 Å². The summed E-state index contributed by atoms with van der Waals surface area (Å²) < 4.78 is 96.5. The highest BCUT2D eigenvalue weighted by Gasteiger charge is 2.30. The van der Waals surface area contributed by atoms with Crippen LogP contribution in [-0.4, -0.2) is 19.1 Å². The maximum atomic E-state index is 12.0. The minimum atomic E-state index is -4.52. The quantitative estimate of drug-likeness (QED) is 0.638. The Morgan fingerprint density at radius 3 is 1.47 bits per heavy atom. The molecule has 0 amide bonds. The molecule has 0 spiro atoms. The molecular weight excluding hydrogens is 302 g/mol. The van der Waals surface area contributed by atoms with Crippen molar-refractivity contribution in [3.8, 4) is 0 Å². The van der Waals surface area contributed by atoms with Crippen LogP contribution in [0.25, 0.3) is 0 Å². The number of benzene rings is 1. The van der Waals surface area contributed by atoms with Crippen LogP contribution < -0.4 is 0 Å². The third kappa shape index (κ3) is 8.43. The standard InChI is InChI=1S/C7H5F3O3S.C2H3F3/c8-7(9,10)5-1-3-6(4-2-5)14(11,12)13;1-2(3,4)5/h1-4H,(H,11,12,13);1H3. The maximum Gasteiger partial charge on any atom is 0.416 e. The Balaban J connectivity index is 0.000000555. The molecule has 1 N–H and O–H groups in total. The van der Waals surface area contributed by atoms with Gasteiger partial charge in [-0.15, -0.1) is 0 Å². The lowest BCUT2D eigenvalue weighted by molar-refractivity contribution is -0.137. The fourth-order valence-electron chi connectivity index (χ4n) is 0.816. The zero-order valence-electron chi connectivity index (χ0n) is 9.25. The summed E-state index contributed by atoms with van der Waals surface area (Å²) in [6.45, 7) is 0.188. The Kier molecular flexibility index (Phi) is 5.39. The minimum Gasteiger partial charge on any atom is -0.282 e. The summed E-state index contributed by atoms with van der Waals surface area (Å²) in [5, 5.41) is 0. The van der Waals surface area contributed by atoms with Gasteiger partial charge in [-0.3, -0.25) is 4.55 Å². The van der Waals surface area contributed by atoms with Gasteiger partial charge in [-0.1, -0.05) is 0 Å². The van der Waals surface area contributed by atoms with E-state index in [2.05, 4.69) is 0 Å². The third-order valence-electron chi connectivity index (χ3n) is 1.48. The number of alkyl halides is 6. The lowest BCUT2D eigenvalue weighted by atomic mass is 10.2. The van der Waals surface area contributed by atoms with Gasteiger partial charge in [0.25, 0.3) is 10.1 Å². The highest BCUT2D eigenvalue weighted by Crippen LogP contribution is 2.29. The van der Waals surface area contributed by atoms with Crippen LogP contribution in [0.2, 0.25) is 0 Å². The summed E-state index contributed by atoms with van der Waals surface area (Å²) in [6.07, 6.45) is -8.52. The molecule has 3 nitrogen and oxygen atoms in total. The van der Waals surface area contributed by atoms with Crippen LogP contribution in [-0.2, 0) is 16.3 Å². The molecule has 0 unspecified atom stereocenters. The predicted molar refractivity (Wildman–Crippen MR) is 53.0 cm³/mol. The van der Waals surface area contributed by atoms with Crippen molar-refractivity contribution < 1.29 is 39.3 Å². The van der Waals surface area contributed by atoms with Gasteiger partial charge >= 0.3 is 12.4 Å². The molecule has 0 atom stereocenters. The van der Waals surface area contributed by atoms with E-state index in [1.165, 1.54) is 0 Å². The van der Waals surface area contributed by atoms with E-state index in [1.807, 2.05) is 0 Å². The predicted octanol–water partition coefficient (Wildman–Crippen LogP) is 3.52. The summed E-state index contributed by atoms with van der Waals surface area (Å²) in [5.74, 6) is 0. The fourth-order valence-corrected chi connectivity index (χ4v) is 1.30. The Morgan fingerprint density at radius 1 is 0.947 bits per heavy atom. The average molecular weight is 310 g/mol. The fraction of sp³-hybridized carbons (Fsp3) is 0.333. The lowest BCUT2D eigenvalue weighted by Crippen LogP contribution is -2.05.